The number of carbonyl (C=O) groups is 1. The van der Waals surface area contributed by atoms with Gasteiger partial charge in [0.1, 0.15) is 15.2 Å². The van der Waals surface area contributed by atoms with Crippen LogP contribution in [0.3, 0.4) is 0 Å². The van der Waals surface area contributed by atoms with Crippen LogP contribution in [-0.4, -0.2) is 27.5 Å². The molecule has 0 aliphatic rings. The number of nitrogens with one attached hydrogen (secondary N) is 1. The summed E-state index contributed by atoms with van der Waals surface area (Å²) in [7, 11) is 0. The molecule has 0 fully saturated rings. The summed E-state index contributed by atoms with van der Waals surface area (Å²) in [6.07, 6.45) is 2.14. The fourth-order valence-corrected chi connectivity index (χ4v) is 3.13. The van der Waals surface area contributed by atoms with Crippen LogP contribution >= 0.6 is 34.5 Å². The van der Waals surface area contributed by atoms with Crippen molar-refractivity contribution in [1.29, 1.82) is 0 Å². The summed E-state index contributed by atoms with van der Waals surface area (Å²) in [5, 5.41) is 3.83. The van der Waals surface area contributed by atoms with Crippen LogP contribution in [0, 0.1) is 6.92 Å². The highest BCUT2D eigenvalue weighted by molar-refractivity contribution is 7.17. The van der Waals surface area contributed by atoms with Crippen LogP contribution in [0.2, 0.25) is 10.3 Å². The van der Waals surface area contributed by atoms with Gasteiger partial charge in [0.2, 0.25) is 5.95 Å². The van der Waals surface area contributed by atoms with Crippen LogP contribution in [0.4, 0.5) is 11.1 Å². The van der Waals surface area contributed by atoms with Gasteiger partial charge in [0, 0.05) is 5.56 Å². The molecule has 2 heterocycles. The fraction of sp³-hybridized carbons (Fsp3) is 0.286. The molecule has 0 aromatic carbocycles. The number of aryl methyl sites for hydroxylation is 1. The molecule has 0 amide bonds. The minimum absolute atomic E-state index is 0.206. The van der Waals surface area contributed by atoms with E-state index in [1.54, 1.807) is 19.9 Å². The normalized spacial score (nSPS) is 10.4. The first-order chi connectivity index (χ1) is 11.0. The topological polar surface area (TPSA) is 77.0 Å². The van der Waals surface area contributed by atoms with Gasteiger partial charge in [-0.15, -0.1) is 6.58 Å². The zero-order chi connectivity index (χ0) is 17.0. The van der Waals surface area contributed by atoms with E-state index in [4.69, 9.17) is 27.9 Å². The molecule has 2 rings (SSSR count). The van der Waals surface area contributed by atoms with Gasteiger partial charge < -0.3 is 4.74 Å². The van der Waals surface area contributed by atoms with Gasteiger partial charge in [-0.2, -0.15) is 0 Å². The molecule has 0 radical (unpaired) electrons. The molecule has 122 valence electrons. The summed E-state index contributed by atoms with van der Waals surface area (Å²) in [6.45, 7) is 7.41. The lowest BCUT2D eigenvalue weighted by molar-refractivity contribution is 0.0531. The largest absolute Gasteiger partial charge is 0.462 e. The lowest BCUT2D eigenvalue weighted by Gasteiger charge is -2.06. The average Bonchev–Trinajstić information content (AvgIpc) is 2.84. The number of aromatic nitrogens is 3. The predicted molar refractivity (Wildman–Crippen MR) is 92.0 cm³/mol. The van der Waals surface area contributed by atoms with E-state index in [9.17, 15) is 4.79 Å². The molecular weight excluding hydrogens is 359 g/mol. The van der Waals surface area contributed by atoms with Crippen LogP contribution in [0.25, 0.3) is 0 Å². The molecule has 2 aromatic rings. The number of hydrogen-bond donors (Lipinski definition) is 1. The summed E-state index contributed by atoms with van der Waals surface area (Å²) in [5.41, 5.74) is 1.17. The van der Waals surface area contributed by atoms with Crippen LogP contribution < -0.4 is 5.32 Å². The molecule has 1 N–H and O–H groups in total. The Hall–Kier alpha value is -1.70. The maximum atomic E-state index is 11.8. The molecule has 0 atom stereocenters. The number of rotatable bonds is 6. The van der Waals surface area contributed by atoms with Crippen LogP contribution in [0.5, 0.6) is 0 Å². The van der Waals surface area contributed by atoms with Crippen molar-refractivity contribution in [2.45, 2.75) is 20.3 Å². The molecule has 0 unspecified atom stereocenters. The van der Waals surface area contributed by atoms with Crippen molar-refractivity contribution in [3.63, 3.8) is 0 Å². The van der Waals surface area contributed by atoms with E-state index in [0.717, 1.165) is 11.3 Å². The Bertz CT molecular complexity index is 725. The van der Waals surface area contributed by atoms with E-state index in [-0.39, 0.29) is 16.3 Å². The number of anilines is 2. The summed E-state index contributed by atoms with van der Waals surface area (Å²) in [4.78, 5) is 24.7. The molecule has 0 saturated heterocycles. The first-order valence-electron chi connectivity index (χ1n) is 6.70. The number of thiazole rings is 1. The molecule has 9 heteroatoms. The second-order valence-electron chi connectivity index (χ2n) is 4.38. The van der Waals surface area contributed by atoms with Crippen molar-refractivity contribution in [3.8, 4) is 0 Å². The van der Waals surface area contributed by atoms with Crippen LogP contribution in [0.15, 0.2) is 12.7 Å². The number of halogens is 2. The zero-order valence-electron chi connectivity index (χ0n) is 12.5. The van der Waals surface area contributed by atoms with Gasteiger partial charge in [0.05, 0.1) is 12.3 Å². The second kappa shape index (κ2) is 7.72. The van der Waals surface area contributed by atoms with Crippen molar-refractivity contribution < 1.29 is 9.53 Å². The van der Waals surface area contributed by atoms with Gasteiger partial charge in [0.15, 0.2) is 5.13 Å². The maximum Gasteiger partial charge on any atom is 0.350 e. The molecule has 0 aliphatic carbocycles. The highest BCUT2D eigenvalue weighted by atomic mass is 35.5. The molecule has 2 aromatic heterocycles. The summed E-state index contributed by atoms with van der Waals surface area (Å²) in [5.74, 6) is -0.203. The predicted octanol–water partition coefficient (Wildman–Crippen LogP) is 4.20. The van der Waals surface area contributed by atoms with Gasteiger partial charge in [-0.05, 0) is 20.3 Å². The van der Waals surface area contributed by atoms with Crippen molar-refractivity contribution in [2.24, 2.45) is 0 Å². The average molecular weight is 373 g/mol. The van der Waals surface area contributed by atoms with Crippen molar-refractivity contribution in [1.82, 2.24) is 15.0 Å². The Morgan fingerprint density at radius 2 is 2.00 bits per heavy atom. The molecule has 0 spiro atoms. The summed E-state index contributed by atoms with van der Waals surface area (Å²) in [6, 6.07) is 0. The lowest BCUT2D eigenvalue weighted by atomic mass is 10.2. The Kier molecular flexibility index (Phi) is 5.92. The second-order valence-corrected chi connectivity index (χ2v) is 6.09. The minimum Gasteiger partial charge on any atom is -0.462 e. The Morgan fingerprint density at radius 3 is 2.57 bits per heavy atom. The third-order valence-corrected chi connectivity index (χ3v) is 4.41. The summed E-state index contributed by atoms with van der Waals surface area (Å²) >= 11 is 13.3. The third kappa shape index (κ3) is 4.19. The molecule has 0 aliphatic heterocycles. The first-order valence-corrected chi connectivity index (χ1v) is 8.27. The van der Waals surface area contributed by atoms with Crippen molar-refractivity contribution in [3.05, 3.63) is 39.1 Å². The van der Waals surface area contributed by atoms with Crippen LogP contribution in [-0.2, 0) is 11.2 Å². The van der Waals surface area contributed by atoms with Gasteiger partial charge in [-0.3, -0.25) is 5.32 Å². The smallest absolute Gasteiger partial charge is 0.350 e. The van der Waals surface area contributed by atoms with E-state index >= 15 is 0 Å². The molecule has 0 saturated carbocycles. The standard InChI is InChI=1S/C14H14Cl2N4O2S/c1-4-6-8-10(15)18-13(19-11(8)16)20-14-17-7(3)9(23-14)12(21)22-5-2/h4H,1,5-6H2,2-3H3,(H,17,18,19,20). The lowest BCUT2D eigenvalue weighted by Crippen LogP contribution is -2.03. The minimum atomic E-state index is -0.408. The Balaban J connectivity index is 2.24. The van der Waals surface area contributed by atoms with Crippen molar-refractivity contribution in [2.75, 3.05) is 11.9 Å². The highest BCUT2D eigenvalue weighted by Gasteiger charge is 2.18. The monoisotopic (exact) mass is 372 g/mol. The molecule has 23 heavy (non-hydrogen) atoms. The fourth-order valence-electron chi connectivity index (χ4n) is 1.73. The first kappa shape index (κ1) is 17.7. The number of esters is 1. The number of allylic oxidation sites excluding steroid dienone is 1. The molecule has 0 bridgehead atoms. The third-order valence-electron chi connectivity index (χ3n) is 2.73. The Labute approximate surface area is 147 Å². The SMILES string of the molecule is C=CCc1c(Cl)nc(Nc2nc(C)c(C(=O)OCC)s2)nc1Cl. The van der Waals surface area contributed by atoms with Gasteiger partial charge >= 0.3 is 5.97 Å². The van der Waals surface area contributed by atoms with Gasteiger partial charge in [-0.1, -0.05) is 40.6 Å². The number of ether oxygens (including phenoxy) is 1. The van der Waals surface area contributed by atoms with Gasteiger partial charge in [0.25, 0.3) is 0 Å². The number of nitrogens with zero attached hydrogens (tertiary/aromatic N) is 3. The van der Waals surface area contributed by atoms with Gasteiger partial charge in [-0.25, -0.2) is 19.7 Å². The van der Waals surface area contributed by atoms with Crippen LogP contribution in [0.1, 0.15) is 27.9 Å². The molecular formula is C14H14Cl2N4O2S. The van der Waals surface area contributed by atoms with E-state index in [1.807, 2.05) is 0 Å². The van der Waals surface area contributed by atoms with E-state index in [0.29, 0.717) is 34.3 Å². The zero-order valence-corrected chi connectivity index (χ0v) is 14.8. The highest BCUT2D eigenvalue weighted by Crippen LogP contribution is 2.28. The number of hydrogen-bond acceptors (Lipinski definition) is 7. The van der Waals surface area contributed by atoms with Crippen molar-refractivity contribution >= 4 is 51.6 Å². The summed E-state index contributed by atoms with van der Waals surface area (Å²) < 4.78 is 4.97. The van der Waals surface area contributed by atoms with E-state index in [1.165, 1.54) is 0 Å². The van der Waals surface area contributed by atoms with E-state index < -0.39 is 5.97 Å². The number of carbonyl (C=O) groups excluding carboxylic acids is 1. The maximum absolute atomic E-state index is 11.8. The van der Waals surface area contributed by atoms with E-state index in [2.05, 4.69) is 26.8 Å². The molecule has 6 nitrogen and oxygen atoms in total. The quantitative estimate of drug-likeness (QED) is 0.465. The Morgan fingerprint density at radius 1 is 1.35 bits per heavy atom.